The SMILES string of the molecule is Cl.NCC(NC(=O)C1CCCN(C(=O)N2CCCC2)C1)C1CCCCC1. The number of nitrogens with one attached hydrogen (secondary N) is 1. The molecule has 0 bridgehead atoms. The lowest BCUT2D eigenvalue weighted by molar-refractivity contribution is -0.127. The molecule has 0 aromatic heterocycles. The van der Waals surface area contributed by atoms with Gasteiger partial charge in [0.25, 0.3) is 0 Å². The first-order valence-corrected chi connectivity index (χ1v) is 10.2. The summed E-state index contributed by atoms with van der Waals surface area (Å²) in [5.41, 5.74) is 5.95. The summed E-state index contributed by atoms with van der Waals surface area (Å²) in [6, 6.07) is 0.218. The topological polar surface area (TPSA) is 78.7 Å². The zero-order chi connectivity index (χ0) is 17.6. The van der Waals surface area contributed by atoms with Crippen molar-refractivity contribution in [1.82, 2.24) is 15.1 Å². The first kappa shape index (κ1) is 21.3. The summed E-state index contributed by atoms with van der Waals surface area (Å²) in [6.45, 7) is 3.58. The van der Waals surface area contributed by atoms with Gasteiger partial charge in [0, 0.05) is 38.8 Å². The number of rotatable bonds is 4. The van der Waals surface area contributed by atoms with Crippen LogP contribution in [0.1, 0.15) is 57.8 Å². The van der Waals surface area contributed by atoms with E-state index in [1.165, 1.54) is 32.1 Å². The third-order valence-corrected chi connectivity index (χ3v) is 6.24. The molecule has 3 amide bonds. The molecule has 2 atom stereocenters. The zero-order valence-electron chi connectivity index (χ0n) is 15.8. The van der Waals surface area contributed by atoms with Crippen LogP contribution in [0.5, 0.6) is 0 Å². The molecule has 0 aromatic rings. The van der Waals surface area contributed by atoms with Crippen LogP contribution in [0.4, 0.5) is 4.79 Å². The number of hydrogen-bond donors (Lipinski definition) is 2. The molecule has 0 spiro atoms. The number of piperidine rings is 1. The third kappa shape index (κ3) is 5.26. The summed E-state index contributed by atoms with van der Waals surface area (Å²) < 4.78 is 0. The minimum Gasteiger partial charge on any atom is -0.352 e. The Morgan fingerprint density at radius 3 is 2.23 bits per heavy atom. The van der Waals surface area contributed by atoms with Gasteiger partial charge in [0.2, 0.25) is 5.91 Å². The number of likely N-dealkylation sites (tertiary alicyclic amines) is 2. The van der Waals surface area contributed by atoms with Crippen molar-refractivity contribution >= 4 is 24.3 Å². The van der Waals surface area contributed by atoms with Crippen LogP contribution >= 0.6 is 12.4 Å². The molecule has 2 aliphatic heterocycles. The summed E-state index contributed by atoms with van der Waals surface area (Å²) >= 11 is 0. The molecule has 2 unspecified atom stereocenters. The van der Waals surface area contributed by atoms with Gasteiger partial charge in [-0.15, -0.1) is 12.4 Å². The molecular formula is C19H35ClN4O2. The second kappa shape index (κ2) is 10.4. The summed E-state index contributed by atoms with van der Waals surface area (Å²) in [7, 11) is 0. The second-order valence-corrected chi connectivity index (χ2v) is 8.01. The zero-order valence-corrected chi connectivity index (χ0v) is 16.6. The molecule has 0 aromatic carbocycles. The Kier molecular flexibility index (Phi) is 8.48. The van der Waals surface area contributed by atoms with Gasteiger partial charge in [-0.25, -0.2) is 4.79 Å². The highest BCUT2D eigenvalue weighted by Crippen LogP contribution is 2.27. The van der Waals surface area contributed by atoms with Crippen LogP contribution in [0.15, 0.2) is 0 Å². The van der Waals surface area contributed by atoms with E-state index in [9.17, 15) is 9.59 Å². The molecule has 1 saturated carbocycles. The van der Waals surface area contributed by atoms with E-state index >= 15 is 0 Å². The van der Waals surface area contributed by atoms with Gasteiger partial charge in [-0.1, -0.05) is 19.3 Å². The van der Waals surface area contributed by atoms with Crippen molar-refractivity contribution in [2.24, 2.45) is 17.6 Å². The highest BCUT2D eigenvalue weighted by atomic mass is 35.5. The molecule has 150 valence electrons. The minimum absolute atomic E-state index is 0. The fourth-order valence-corrected chi connectivity index (χ4v) is 4.68. The van der Waals surface area contributed by atoms with E-state index < -0.39 is 0 Å². The van der Waals surface area contributed by atoms with Crippen LogP contribution in [-0.4, -0.2) is 60.5 Å². The van der Waals surface area contributed by atoms with Gasteiger partial charge in [-0.3, -0.25) is 4.79 Å². The number of nitrogens with two attached hydrogens (primary N) is 1. The van der Waals surface area contributed by atoms with Gasteiger partial charge in [0.05, 0.1) is 5.92 Å². The van der Waals surface area contributed by atoms with Crippen LogP contribution in [0.25, 0.3) is 0 Å². The molecule has 26 heavy (non-hydrogen) atoms. The molecule has 2 heterocycles. The van der Waals surface area contributed by atoms with Crippen molar-refractivity contribution in [1.29, 1.82) is 0 Å². The van der Waals surface area contributed by atoms with Gasteiger partial charge in [0.15, 0.2) is 0 Å². The van der Waals surface area contributed by atoms with Crippen LogP contribution in [0.3, 0.4) is 0 Å². The molecule has 3 rings (SSSR count). The van der Waals surface area contributed by atoms with E-state index in [1.54, 1.807) is 0 Å². The van der Waals surface area contributed by atoms with Crippen LogP contribution in [0, 0.1) is 11.8 Å². The molecule has 3 N–H and O–H groups in total. The van der Waals surface area contributed by atoms with Crippen molar-refractivity contribution in [2.45, 2.75) is 63.8 Å². The standard InChI is InChI=1S/C19H34N4O2.ClH/c20-13-17(15-7-2-1-3-8-15)21-18(24)16-9-6-12-23(14-16)19(25)22-10-4-5-11-22;/h15-17H,1-14,20H2,(H,21,24);1H. The predicted octanol–water partition coefficient (Wildman–Crippen LogP) is 2.36. The van der Waals surface area contributed by atoms with E-state index in [2.05, 4.69) is 5.32 Å². The molecule has 2 saturated heterocycles. The minimum atomic E-state index is -0.0852. The maximum atomic E-state index is 12.8. The number of halogens is 1. The summed E-state index contributed by atoms with van der Waals surface area (Å²) in [4.78, 5) is 29.2. The lowest BCUT2D eigenvalue weighted by atomic mass is 9.83. The molecule has 1 aliphatic carbocycles. The van der Waals surface area contributed by atoms with E-state index in [-0.39, 0.29) is 36.3 Å². The number of amides is 3. The molecule has 7 heteroatoms. The Hall–Kier alpha value is -1.01. The van der Waals surface area contributed by atoms with Gasteiger partial charge < -0.3 is 20.9 Å². The van der Waals surface area contributed by atoms with Gasteiger partial charge >= 0.3 is 6.03 Å². The lowest BCUT2D eigenvalue weighted by Gasteiger charge is -2.36. The van der Waals surface area contributed by atoms with Crippen LogP contribution < -0.4 is 11.1 Å². The first-order valence-electron chi connectivity index (χ1n) is 10.2. The van der Waals surface area contributed by atoms with Crippen molar-refractivity contribution in [3.8, 4) is 0 Å². The maximum absolute atomic E-state index is 12.8. The van der Waals surface area contributed by atoms with Gasteiger partial charge in [0.1, 0.15) is 0 Å². The Bertz CT molecular complexity index is 464. The quantitative estimate of drug-likeness (QED) is 0.778. The van der Waals surface area contributed by atoms with Gasteiger partial charge in [-0.05, 0) is 44.4 Å². The Labute approximate surface area is 163 Å². The van der Waals surface area contributed by atoms with E-state index in [1.807, 2.05) is 9.80 Å². The van der Waals surface area contributed by atoms with Crippen molar-refractivity contribution in [2.75, 3.05) is 32.7 Å². The Morgan fingerprint density at radius 2 is 1.58 bits per heavy atom. The Balaban J connectivity index is 0.00000243. The number of urea groups is 1. The van der Waals surface area contributed by atoms with Crippen molar-refractivity contribution in [3.05, 3.63) is 0 Å². The highest BCUT2D eigenvalue weighted by molar-refractivity contribution is 5.85. The predicted molar refractivity (Wildman–Crippen MR) is 105 cm³/mol. The number of carbonyl (C=O) groups is 2. The van der Waals surface area contributed by atoms with E-state index in [0.29, 0.717) is 19.0 Å². The van der Waals surface area contributed by atoms with Crippen LogP contribution in [-0.2, 0) is 4.79 Å². The van der Waals surface area contributed by atoms with E-state index in [0.717, 1.165) is 45.3 Å². The number of carbonyl (C=O) groups excluding carboxylic acids is 2. The van der Waals surface area contributed by atoms with Gasteiger partial charge in [-0.2, -0.15) is 0 Å². The molecule has 3 fully saturated rings. The molecule has 6 nitrogen and oxygen atoms in total. The lowest BCUT2D eigenvalue weighted by Crippen LogP contribution is -2.53. The summed E-state index contributed by atoms with van der Waals surface area (Å²) in [5, 5.41) is 3.22. The monoisotopic (exact) mass is 386 g/mol. The highest BCUT2D eigenvalue weighted by Gasteiger charge is 2.33. The second-order valence-electron chi connectivity index (χ2n) is 8.01. The third-order valence-electron chi connectivity index (χ3n) is 6.24. The van der Waals surface area contributed by atoms with Crippen molar-refractivity contribution < 1.29 is 9.59 Å². The van der Waals surface area contributed by atoms with E-state index in [4.69, 9.17) is 5.73 Å². The normalized spacial score (nSPS) is 25.5. The maximum Gasteiger partial charge on any atom is 0.320 e. The average molecular weight is 387 g/mol. The first-order chi connectivity index (χ1) is 12.2. The number of hydrogen-bond acceptors (Lipinski definition) is 3. The van der Waals surface area contributed by atoms with Crippen LogP contribution in [0.2, 0.25) is 0 Å². The Morgan fingerprint density at radius 1 is 0.923 bits per heavy atom. The fourth-order valence-electron chi connectivity index (χ4n) is 4.68. The smallest absolute Gasteiger partial charge is 0.320 e. The number of nitrogens with zero attached hydrogens (tertiary/aromatic N) is 2. The average Bonchev–Trinajstić information content (AvgIpc) is 3.21. The molecule has 3 aliphatic rings. The largest absolute Gasteiger partial charge is 0.352 e. The fraction of sp³-hybridized carbons (Fsp3) is 0.895. The summed E-state index contributed by atoms with van der Waals surface area (Å²) in [6.07, 6.45) is 10.1. The summed E-state index contributed by atoms with van der Waals surface area (Å²) in [5.74, 6) is 0.534. The molecular weight excluding hydrogens is 352 g/mol. The van der Waals surface area contributed by atoms with Crippen molar-refractivity contribution in [3.63, 3.8) is 0 Å². The molecule has 0 radical (unpaired) electrons.